The van der Waals surface area contributed by atoms with Crippen molar-refractivity contribution in [2.45, 2.75) is 57.0 Å². The first-order valence-corrected chi connectivity index (χ1v) is 7.68. The SMILES string of the molecule is C=CCNC(=O)C1CCCN1C(=O)NC1CCCCC1. The highest BCUT2D eigenvalue weighted by Gasteiger charge is 2.34. The van der Waals surface area contributed by atoms with Gasteiger partial charge in [0, 0.05) is 19.1 Å². The molecular weight excluding hydrogens is 254 g/mol. The number of nitrogens with zero attached hydrogens (tertiary/aromatic N) is 1. The zero-order valence-corrected chi connectivity index (χ0v) is 12.1. The van der Waals surface area contributed by atoms with E-state index >= 15 is 0 Å². The lowest BCUT2D eigenvalue weighted by molar-refractivity contribution is -0.124. The van der Waals surface area contributed by atoms with Crippen molar-refractivity contribution in [1.29, 1.82) is 0 Å². The average molecular weight is 279 g/mol. The van der Waals surface area contributed by atoms with Gasteiger partial charge in [0.15, 0.2) is 0 Å². The predicted octanol–water partition coefficient (Wildman–Crippen LogP) is 1.80. The van der Waals surface area contributed by atoms with Crippen LogP contribution in [0, 0.1) is 0 Å². The minimum atomic E-state index is -0.321. The molecule has 20 heavy (non-hydrogen) atoms. The first kappa shape index (κ1) is 14.9. The zero-order valence-electron chi connectivity index (χ0n) is 12.1. The first-order valence-electron chi connectivity index (χ1n) is 7.68. The molecule has 0 aromatic carbocycles. The van der Waals surface area contributed by atoms with Gasteiger partial charge in [-0.25, -0.2) is 4.79 Å². The van der Waals surface area contributed by atoms with Gasteiger partial charge in [-0.3, -0.25) is 4.79 Å². The van der Waals surface area contributed by atoms with E-state index in [4.69, 9.17) is 0 Å². The monoisotopic (exact) mass is 279 g/mol. The molecule has 1 aliphatic heterocycles. The van der Waals surface area contributed by atoms with Crippen molar-refractivity contribution in [3.63, 3.8) is 0 Å². The molecule has 5 nitrogen and oxygen atoms in total. The summed E-state index contributed by atoms with van der Waals surface area (Å²) in [6.45, 7) is 4.71. The second kappa shape index (κ2) is 7.31. The summed E-state index contributed by atoms with van der Waals surface area (Å²) in [6, 6.07) is -0.111. The Bertz CT molecular complexity index is 364. The van der Waals surface area contributed by atoms with Gasteiger partial charge >= 0.3 is 6.03 Å². The van der Waals surface area contributed by atoms with Gasteiger partial charge in [-0.15, -0.1) is 6.58 Å². The standard InChI is InChI=1S/C15H25N3O2/c1-2-10-16-14(19)13-9-6-11-18(13)15(20)17-12-7-4-3-5-8-12/h2,12-13H,1,3-11H2,(H,16,19)(H,17,20). The minimum Gasteiger partial charge on any atom is -0.351 e. The van der Waals surface area contributed by atoms with E-state index in [2.05, 4.69) is 17.2 Å². The van der Waals surface area contributed by atoms with Gasteiger partial charge in [-0.05, 0) is 25.7 Å². The van der Waals surface area contributed by atoms with Crippen LogP contribution in [-0.2, 0) is 4.79 Å². The van der Waals surface area contributed by atoms with Crippen LogP contribution in [0.3, 0.4) is 0 Å². The van der Waals surface area contributed by atoms with Gasteiger partial charge in [-0.2, -0.15) is 0 Å². The summed E-state index contributed by atoms with van der Waals surface area (Å²) in [7, 11) is 0. The number of likely N-dealkylation sites (tertiary alicyclic amines) is 1. The van der Waals surface area contributed by atoms with Crippen LogP contribution in [0.2, 0.25) is 0 Å². The fourth-order valence-electron chi connectivity index (χ4n) is 3.08. The Kier molecular flexibility index (Phi) is 5.44. The van der Waals surface area contributed by atoms with Gasteiger partial charge in [0.1, 0.15) is 6.04 Å². The maximum atomic E-state index is 12.3. The molecule has 1 saturated heterocycles. The van der Waals surface area contributed by atoms with Crippen molar-refractivity contribution in [1.82, 2.24) is 15.5 Å². The van der Waals surface area contributed by atoms with Crippen molar-refractivity contribution < 1.29 is 9.59 Å². The van der Waals surface area contributed by atoms with Crippen LogP contribution in [0.25, 0.3) is 0 Å². The summed E-state index contributed by atoms with van der Waals surface area (Å²) in [5.41, 5.74) is 0. The molecule has 1 unspecified atom stereocenters. The van der Waals surface area contributed by atoms with Gasteiger partial charge < -0.3 is 15.5 Å². The molecule has 112 valence electrons. The highest BCUT2D eigenvalue weighted by molar-refractivity contribution is 5.87. The van der Waals surface area contributed by atoms with Gasteiger partial charge in [0.2, 0.25) is 5.91 Å². The third-order valence-corrected chi connectivity index (χ3v) is 4.17. The molecule has 3 amide bonds. The van der Waals surface area contributed by atoms with Crippen LogP contribution < -0.4 is 10.6 Å². The maximum Gasteiger partial charge on any atom is 0.318 e. The number of hydrogen-bond donors (Lipinski definition) is 2. The summed E-state index contributed by atoms with van der Waals surface area (Å²) in [4.78, 5) is 26.0. The molecule has 1 atom stereocenters. The molecule has 2 fully saturated rings. The summed E-state index contributed by atoms with van der Waals surface area (Å²) in [5, 5.41) is 5.87. The number of amides is 3. The topological polar surface area (TPSA) is 61.4 Å². The van der Waals surface area contributed by atoms with Crippen LogP contribution in [0.4, 0.5) is 4.79 Å². The number of rotatable bonds is 4. The third-order valence-electron chi connectivity index (χ3n) is 4.17. The average Bonchev–Trinajstić information content (AvgIpc) is 2.95. The Labute approximate surface area is 120 Å². The molecule has 2 aliphatic rings. The van der Waals surface area contributed by atoms with Crippen LogP contribution in [0.15, 0.2) is 12.7 Å². The van der Waals surface area contributed by atoms with E-state index in [1.807, 2.05) is 0 Å². The summed E-state index contributed by atoms with van der Waals surface area (Å²) in [6.07, 6.45) is 9.06. The van der Waals surface area contributed by atoms with Crippen LogP contribution in [0.1, 0.15) is 44.9 Å². The fourth-order valence-corrected chi connectivity index (χ4v) is 3.08. The zero-order chi connectivity index (χ0) is 14.4. The third kappa shape index (κ3) is 3.74. The largest absolute Gasteiger partial charge is 0.351 e. The van der Waals surface area contributed by atoms with Crippen molar-refractivity contribution in [3.05, 3.63) is 12.7 Å². The fraction of sp³-hybridized carbons (Fsp3) is 0.733. The molecule has 0 bridgehead atoms. The van der Waals surface area contributed by atoms with E-state index in [0.717, 1.165) is 25.7 Å². The van der Waals surface area contributed by atoms with Gasteiger partial charge in [-0.1, -0.05) is 25.3 Å². The number of carbonyl (C=O) groups is 2. The van der Waals surface area contributed by atoms with E-state index in [9.17, 15) is 9.59 Å². The van der Waals surface area contributed by atoms with E-state index in [1.165, 1.54) is 19.3 Å². The second-order valence-electron chi connectivity index (χ2n) is 5.67. The Hall–Kier alpha value is -1.52. The molecule has 0 aromatic rings. The second-order valence-corrected chi connectivity index (χ2v) is 5.67. The Balaban J connectivity index is 1.86. The van der Waals surface area contributed by atoms with Crippen molar-refractivity contribution in [2.24, 2.45) is 0 Å². The normalized spacial score (nSPS) is 23.4. The molecule has 5 heteroatoms. The molecule has 1 aliphatic carbocycles. The Morgan fingerprint density at radius 1 is 1.15 bits per heavy atom. The van der Waals surface area contributed by atoms with Crippen LogP contribution >= 0.6 is 0 Å². The smallest absolute Gasteiger partial charge is 0.318 e. The number of hydrogen-bond acceptors (Lipinski definition) is 2. The first-order chi connectivity index (χ1) is 9.72. The Morgan fingerprint density at radius 3 is 2.60 bits per heavy atom. The summed E-state index contributed by atoms with van der Waals surface area (Å²) in [5.74, 6) is -0.0683. The van der Waals surface area contributed by atoms with Gasteiger partial charge in [0.25, 0.3) is 0 Å². The lowest BCUT2D eigenvalue weighted by Gasteiger charge is -2.28. The predicted molar refractivity (Wildman–Crippen MR) is 78.3 cm³/mol. The van der Waals surface area contributed by atoms with Gasteiger partial charge in [0.05, 0.1) is 0 Å². The van der Waals surface area contributed by atoms with E-state index < -0.39 is 0 Å². The molecule has 1 saturated carbocycles. The van der Waals surface area contributed by atoms with Crippen LogP contribution in [-0.4, -0.2) is 42.0 Å². The lowest BCUT2D eigenvalue weighted by Crippen LogP contribution is -2.51. The quantitative estimate of drug-likeness (QED) is 0.771. The molecule has 0 aromatic heterocycles. The Morgan fingerprint density at radius 2 is 1.90 bits per heavy atom. The number of carbonyl (C=O) groups excluding carboxylic acids is 2. The van der Waals surface area contributed by atoms with E-state index in [0.29, 0.717) is 13.1 Å². The maximum absolute atomic E-state index is 12.3. The minimum absolute atomic E-state index is 0.0683. The molecule has 1 heterocycles. The van der Waals surface area contributed by atoms with E-state index in [1.54, 1.807) is 11.0 Å². The lowest BCUT2D eigenvalue weighted by atomic mass is 9.96. The summed E-state index contributed by atoms with van der Waals surface area (Å²) >= 11 is 0. The highest BCUT2D eigenvalue weighted by Crippen LogP contribution is 2.20. The summed E-state index contributed by atoms with van der Waals surface area (Å²) < 4.78 is 0. The number of nitrogens with one attached hydrogen (secondary N) is 2. The molecule has 0 spiro atoms. The molecule has 2 rings (SSSR count). The molecule has 2 N–H and O–H groups in total. The molecular formula is C15H25N3O2. The van der Waals surface area contributed by atoms with E-state index in [-0.39, 0.29) is 24.0 Å². The highest BCUT2D eigenvalue weighted by atomic mass is 16.2. The van der Waals surface area contributed by atoms with Crippen molar-refractivity contribution in [3.8, 4) is 0 Å². The van der Waals surface area contributed by atoms with Crippen molar-refractivity contribution >= 4 is 11.9 Å². The molecule has 0 radical (unpaired) electrons. The van der Waals surface area contributed by atoms with Crippen LogP contribution in [0.5, 0.6) is 0 Å². The number of urea groups is 1. The van der Waals surface area contributed by atoms with Crippen molar-refractivity contribution in [2.75, 3.05) is 13.1 Å².